The van der Waals surface area contributed by atoms with Crippen LogP contribution in [0.15, 0.2) is 24.3 Å². The number of aryl methyl sites for hydroxylation is 1. The van der Waals surface area contributed by atoms with Crippen LogP contribution in [-0.4, -0.2) is 76.5 Å². The van der Waals surface area contributed by atoms with E-state index in [2.05, 4.69) is 57.6 Å². The van der Waals surface area contributed by atoms with Crippen molar-refractivity contribution in [3.05, 3.63) is 30.1 Å². The maximum absolute atomic E-state index is 13.1. The number of para-hydroxylation sites is 2. The van der Waals surface area contributed by atoms with E-state index in [1.807, 2.05) is 0 Å². The van der Waals surface area contributed by atoms with Crippen molar-refractivity contribution in [3.8, 4) is 0 Å². The van der Waals surface area contributed by atoms with Gasteiger partial charge in [0.2, 0.25) is 5.91 Å². The third-order valence-electron chi connectivity index (χ3n) is 7.62. The van der Waals surface area contributed by atoms with Crippen molar-refractivity contribution in [2.75, 3.05) is 46.3 Å². The Kier molecular flexibility index (Phi) is 4.87. The van der Waals surface area contributed by atoms with Gasteiger partial charge in [0.25, 0.3) is 0 Å². The molecule has 3 aliphatic rings. The number of benzene rings is 1. The van der Waals surface area contributed by atoms with Gasteiger partial charge in [0.1, 0.15) is 5.82 Å². The van der Waals surface area contributed by atoms with Crippen molar-refractivity contribution in [1.82, 2.24) is 24.3 Å². The van der Waals surface area contributed by atoms with Gasteiger partial charge in [-0.25, -0.2) is 4.98 Å². The minimum Gasteiger partial charge on any atom is -0.341 e. The molecule has 0 N–H and O–H groups in total. The highest BCUT2D eigenvalue weighted by atomic mass is 16.2. The highest BCUT2D eigenvalue weighted by Crippen LogP contribution is 2.60. The fraction of sp³-hybridized carbons (Fsp3) is 0.652. The number of likely N-dealkylation sites (N-methyl/N-ethyl adjacent to an activating group) is 1. The van der Waals surface area contributed by atoms with E-state index in [1.54, 1.807) is 0 Å². The molecule has 6 nitrogen and oxygen atoms in total. The molecule has 3 fully saturated rings. The van der Waals surface area contributed by atoms with Crippen molar-refractivity contribution >= 4 is 16.9 Å². The quantitative estimate of drug-likeness (QED) is 0.800. The summed E-state index contributed by atoms with van der Waals surface area (Å²) in [4.78, 5) is 24.9. The van der Waals surface area contributed by atoms with Crippen molar-refractivity contribution in [1.29, 1.82) is 0 Å². The average molecular weight is 396 g/mol. The summed E-state index contributed by atoms with van der Waals surface area (Å²) in [6.07, 6.45) is 4.52. The molecule has 1 saturated carbocycles. The second-order valence-corrected chi connectivity index (χ2v) is 9.45. The van der Waals surface area contributed by atoms with Crippen LogP contribution in [0.2, 0.25) is 0 Å². The molecule has 1 aromatic carbocycles. The number of fused-ring (bicyclic) bond motifs is 1. The summed E-state index contributed by atoms with van der Waals surface area (Å²) in [7, 11) is 4.28. The van der Waals surface area contributed by atoms with Crippen LogP contribution in [0.25, 0.3) is 11.0 Å². The van der Waals surface area contributed by atoms with Gasteiger partial charge in [-0.3, -0.25) is 9.69 Å². The van der Waals surface area contributed by atoms with Gasteiger partial charge in [-0.15, -0.1) is 0 Å². The number of rotatable bonds is 3. The third kappa shape index (κ3) is 3.57. The standard InChI is InChI=1S/C23H33N5O/c1-25-10-5-11-28(15-14-25)22(29)18-16-23(18)8-12-27(13-9-23)17-21-24-19-6-3-4-7-20(19)26(21)2/h3-4,6-7,18H,5,8-17H2,1-2H3. The molecular weight excluding hydrogens is 362 g/mol. The monoisotopic (exact) mass is 395 g/mol. The Hall–Kier alpha value is -1.92. The SMILES string of the molecule is CN1CCCN(C(=O)C2CC23CCN(Cc2nc4ccccc4n2C)CC3)CC1. The molecule has 6 heteroatoms. The summed E-state index contributed by atoms with van der Waals surface area (Å²) >= 11 is 0. The number of carbonyl (C=O) groups excluding carboxylic acids is 1. The van der Waals surface area contributed by atoms with Crippen LogP contribution < -0.4 is 0 Å². The van der Waals surface area contributed by atoms with E-state index < -0.39 is 0 Å². The molecule has 2 aromatic rings. The molecular formula is C23H33N5O. The summed E-state index contributed by atoms with van der Waals surface area (Å²) in [5.41, 5.74) is 2.57. The normalized spacial score (nSPS) is 25.4. The van der Waals surface area contributed by atoms with Crippen LogP contribution in [-0.2, 0) is 18.4 Å². The van der Waals surface area contributed by atoms with Crippen LogP contribution >= 0.6 is 0 Å². The molecule has 5 rings (SSSR count). The van der Waals surface area contributed by atoms with E-state index in [0.29, 0.717) is 5.91 Å². The number of hydrogen-bond acceptors (Lipinski definition) is 4. The molecule has 2 aliphatic heterocycles. The van der Waals surface area contributed by atoms with Crippen molar-refractivity contribution in [2.45, 2.75) is 32.2 Å². The molecule has 1 spiro atoms. The van der Waals surface area contributed by atoms with Crippen LogP contribution in [0.3, 0.4) is 0 Å². The molecule has 1 atom stereocenters. The van der Waals surface area contributed by atoms with Crippen LogP contribution in [0.1, 0.15) is 31.5 Å². The number of imidazole rings is 1. The fourth-order valence-electron chi connectivity index (χ4n) is 5.43. The largest absolute Gasteiger partial charge is 0.341 e. The Morgan fingerprint density at radius 3 is 2.66 bits per heavy atom. The van der Waals surface area contributed by atoms with Gasteiger partial charge in [0, 0.05) is 32.6 Å². The van der Waals surface area contributed by atoms with Gasteiger partial charge < -0.3 is 14.4 Å². The van der Waals surface area contributed by atoms with Gasteiger partial charge in [-0.1, -0.05) is 12.1 Å². The van der Waals surface area contributed by atoms with E-state index in [1.165, 1.54) is 5.52 Å². The Labute approximate surface area is 173 Å². The maximum atomic E-state index is 13.1. The van der Waals surface area contributed by atoms with Gasteiger partial charge >= 0.3 is 0 Å². The van der Waals surface area contributed by atoms with Crippen molar-refractivity contribution in [2.24, 2.45) is 18.4 Å². The minimum absolute atomic E-state index is 0.281. The van der Waals surface area contributed by atoms with Crippen molar-refractivity contribution in [3.63, 3.8) is 0 Å². The predicted octanol–water partition coefficient (Wildman–Crippen LogP) is 2.34. The van der Waals surface area contributed by atoms with Crippen LogP contribution in [0, 0.1) is 11.3 Å². The van der Waals surface area contributed by atoms with Crippen LogP contribution in [0.5, 0.6) is 0 Å². The lowest BCUT2D eigenvalue weighted by atomic mass is 9.90. The Morgan fingerprint density at radius 1 is 1.07 bits per heavy atom. The second kappa shape index (κ2) is 7.40. The van der Waals surface area contributed by atoms with Crippen molar-refractivity contribution < 1.29 is 4.79 Å². The molecule has 0 bridgehead atoms. The summed E-state index contributed by atoms with van der Waals surface area (Å²) in [6, 6.07) is 8.35. The Morgan fingerprint density at radius 2 is 1.86 bits per heavy atom. The predicted molar refractivity (Wildman–Crippen MR) is 114 cm³/mol. The minimum atomic E-state index is 0.281. The highest BCUT2D eigenvalue weighted by Gasteiger charge is 2.59. The van der Waals surface area contributed by atoms with Crippen LogP contribution in [0.4, 0.5) is 0 Å². The van der Waals surface area contributed by atoms with E-state index in [4.69, 9.17) is 4.98 Å². The summed E-state index contributed by atoms with van der Waals surface area (Å²) in [6.45, 7) is 7.02. The molecule has 1 aromatic heterocycles. The molecule has 1 unspecified atom stereocenters. The molecule has 3 heterocycles. The summed E-state index contributed by atoms with van der Waals surface area (Å²) < 4.78 is 2.22. The summed E-state index contributed by atoms with van der Waals surface area (Å²) in [5.74, 6) is 1.85. The summed E-state index contributed by atoms with van der Waals surface area (Å²) in [5, 5.41) is 0. The van der Waals surface area contributed by atoms with E-state index in [-0.39, 0.29) is 11.3 Å². The number of nitrogens with zero attached hydrogens (tertiary/aromatic N) is 5. The topological polar surface area (TPSA) is 44.6 Å². The lowest BCUT2D eigenvalue weighted by Crippen LogP contribution is -2.39. The van der Waals surface area contributed by atoms with Gasteiger partial charge in [0.15, 0.2) is 0 Å². The molecule has 1 aliphatic carbocycles. The first-order valence-corrected chi connectivity index (χ1v) is 11.2. The number of carbonyl (C=O) groups is 1. The van der Waals surface area contributed by atoms with E-state index in [9.17, 15) is 4.79 Å². The molecule has 29 heavy (non-hydrogen) atoms. The zero-order valence-electron chi connectivity index (χ0n) is 17.8. The third-order valence-corrected chi connectivity index (χ3v) is 7.62. The molecule has 2 saturated heterocycles. The first kappa shape index (κ1) is 19.1. The zero-order chi connectivity index (χ0) is 20.0. The number of aromatic nitrogens is 2. The van der Waals surface area contributed by atoms with Gasteiger partial charge in [-0.2, -0.15) is 0 Å². The van der Waals surface area contributed by atoms with Gasteiger partial charge in [-0.05, 0) is 69.9 Å². The molecule has 1 amide bonds. The van der Waals surface area contributed by atoms with Gasteiger partial charge in [0.05, 0.1) is 17.6 Å². The molecule has 156 valence electrons. The smallest absolute Gasteiger partial charge is 0.226 e. The second-order valence-electron chi connectivity index (χ2n) is 9.45. The Balaban J connectivity index is 1.18. The lowest BCUT2D eigenvalue weighted by Gasteiger charge is -2.33. The zero-order valence-corrected chi connectivity index (χ0v) is 17.8. The number of hydrogen-bond donors (Lipinski definition) is 0. The maximum Gasteiger partial charge on any atom is 0.226 e. The van der Waals surface area contributed by atoms with E-state index >= 15 is 0 Å². The number of amides is 1. The highest BCUT2D eigenvalue weighted by molar-refractivity contribution is 5.82. The average Bonchev–Trinajstić information content (AvgIpc) is 3.40. The number of likely N-dealkylation sites (tertiary alicyclic amines) is 1. The molecule has 0 radical (unpaired) electrons. The Bertz CT molecular complexity index is 898. The first-order valence-electron chi connectivity index (χ1n) is 11.2. The first-order chi connectivity index (χ1) is 14.1. The fourth-order valence-corrected chi connectivity index (χ4v) is 5.43. The number of piperidine rings is 1. The lowest BCUT2D eigenvalue weighted by molar-refractivity contribution is -0.133. The van der Waals surface area contributed by atoms with E-state index in [0.717, 1.165) is 82.8 Å².